The van der Waals surface area contributed by atoms with E-state index in [2.05, 4.69) is 17.4 Å². The number of nitrogens with one attached hydrogen (secondary N) is 1. The van der Waals surface area contributed by atoms with Crippen LogP contribution in [0.5, 0.6) is 5.75 Å². The first-order chi connectivity index (χ1) is 10.8. The number of hydrogen-bond donors (Lipinski definition) is 1. The predicted molar refractivity (Wildman–Crippen MR) is 86.5 cm³/mol. The quantitative estimate of drug-likeness (QED) is 0.879. The van der Waals surface area contributed by atoms with Crippen LogP contribution >= 0.6 is 0 Å². The van der Waals surface area contributed by atoms with Gasteiger partial charge in [0.2, 0.25) is 0 Å². The Bertz CT molecular complexity index is 564. The van der Waals surface area contributed by atoms with Gasteiger partial charge in [-0.2, -0.15) is 0 Å². The molecule has 3 heteroatoms. The molecule has 2 atom stereocenters. The molecule has 2 aromatic carbocycles. The largest absolute Gasteiger partial charge is 0.486 e. The van der Waals surface area contributed by atoms with Gasteiger partial charge in [-0.1, -0.05) is 36.8 Å². The van der Waals surface area contributed by atoms with E-state index in [1.165, 1.54) is 37.0 Å². The summed E-state index contributed by atoms with van der Waals surface area (Å²) in [4.78, 5) is 0. The molecule has 0 bridgehead atoms. The standard InChI is InChI=1S/C19H22FNO/c20-16-9-11-18(12-10-16)22-19(15-6-2-1-3-7-15)14-17-8-4-5-13-21-17/h1-3,6-7,9-12,17,19,21H,4-5,8,13-14H2. The lowest BCUT2D eigenvalue weighted by Crippen LogP contribution is -2.36. The first kappa shape index (κ1) is 15.0. The van der Waals surface area contributed by atoms with Gasteiger partial charge in [-0.3, -0.25) is 0 Å². The van der Waals surface area contributed by atoms with Crippen molar-refractivity contribution in [3.8, 4) is 5.75 Å². The summed E-state index contributed by atoms with van der Waals surface area (Å²) in [6, 6.07) is 17.0. The van der Waals surface area contributed by atoms with Crippen molar-refractivity contribution in [2.45, 2.75) is 37.8 Å². The van der Waals surface area contributed by atoms with Gasteiger partial charge in [-0.15, -0.1) is 0 Å². The van der Waals surface area contributed by atoms with E-state index in [1.807, 2.05) is 18.2 Å². The van der Waals surface area contributed by atoms with E-state index in [0.29, 0.717) is 11.8 Å². The highest BCUT2D eigenvalue weighted by atomic mass is 19.1. The number of hydrogen-bond acceptors (Lipinski definition) is 2. The Morgan fingerprint density at radius 3 is 2.50 bits per heavy atom. The molecule has 0 amide bonds. The lowest BCUT2D eigenvalue weighted by Gasteiger charge is -2.28. The molecule has 0 radical (unpaired) electrons. The van der Waals surface area contributed by atoms with Crippen LogP contribution in [-0.2, 0) is 0 Å². The molecule has 0 aromatic heterocycles. The molecular weight excluding hydrogens is 277 g/mol. The van der Waals surface area contributed by atoms with E-state index < -0.39 is 0 Å². The maximum absolute atomic E-state index is 13.1. The van der Waals surface area contributed by atoms with Gasteiger partial charge in [-0.05, 0) is 49.2 Å². The molecule has 0 spiro atoms. The normalized spacial score (nSPS) is 19.6. The molecule has 116 valence electrons. The van der Waals surface area contributed by atoms with Gasteiger partial charge < -0.3 is 10.1 Å². The van der Waals surface area contributed by atoms with E-state index in [1.54, 1.807) is 12.1 Å². The van der Waals surface area contributed by atoms with Crippen molar-refractivity contribution >= 4 is 0 Å². The maximum atomic E-state index is 13.1. The smallest absolute Gasteiger partial charge is 0.125 e. The molecular formula is C19H22FNO. The van der Waals surface area contributed by atoms with Gasteiger partial charge in [0.1, 0.15) is 17.7 Å². The van der Waals surface area contributed by atoms with Gasteiger partial charge in [0.15, 0.2) is 0 Å². The Morgan fingerprint density at radius 1 is 1.05 bits per heavy atom. The van der Waals surface area contributed by atoms with Crippen molar-refractivity contribution in [1.29, 1.82) is 0 Å². The minimum absolute atomic E-state index is 0.0118. The Labute approximate surface area is 131 Å². The van der Waals surface area contributed by atoms with Crippen molar-refractivity contribution in [3.05, 3.63) is 66.0 Å². The van der Waals surface area contributed by atoms with Gasteiger partial charge in [0.25, 0.3) is 0 Å². The maximum Gasteiger partial charge on any atom is 0.125 e. The molecule has 1 aliphatic rings. The molecule has 2 aromatic rings. The minimum atomic E-state index is -0.238. The number of ether oxygens (including phenoxy) is 1. The summed E-state index contributed by atoms with van der Waals surface area (Å²) >= 11 is 0. The average Bonchev–Trinajstić information content (AvgIpc) is 2.58. The first-order valence-corrected chi connectivity index (χ1v) is 8.02. The van der Waals surface area contributed by atoms with Gasteiger partial charge in [0.05, 0.1) is 0 Å². The number of piperidine rings is 1. The second kappa shape index (κ2) is 7.41. The van der Waals surface area contributed by atoms with Crippen molar-refractivity contribution in [3.63, 3.8) is 0 Å². The second-order valence-corrected chi connectivity index (χ2v) is 5.85. The third-order valence-electron chi connectivity index (χ3n) is 4.17. The van der Waals surface area contributed by atoms with Crippen LogP contribution in [0.4, 0.5) is 4.39 Å². The van der Waals surface area contributed by atoms with Gasteiger partial charge >= 0.3 is 0 Å². The zero-order valence-electron chi connectivity index (χ0n) is 12.7. The molecule has 1 heterocycles. The molecule has 1 N–H and O–H groups in total. The van der Waals surface area contributed by atoms with Crippen LogP contribution in [0.2, 0.25) is 0 Å². The fourth-order valence-electron chi connectivity index (χ4n) is 2.98. The Morgan fingerprint density at radius 2 is 1.82 bits per heavy atom. The first-order valence-electron chi connectivity index (χ1n) is 8.02. The SMILES string of the molecule is Fc1ccc(OC(CC2CCCCN2)c2ccccc2)cc1. The summed E-state index contributed by atoms with van der Waals surface area (Å²) in [5.41, 5.74) is 1.17. The zero-order valence-corrected chi connectivity index (χ0v) is 12.7. The van der Waals surface area contributed by atoms with Gasteiger partial charge in [-0.25, -0.2) is 4.39 Å². The summed E-state index contributed by atoms with van der Waals surface area (Å²) in [7, 11) is 0. The fraction of sp³-hybridized carbons (Fsp3) is 0.368. The monoisotopic (exact) mass is 299 g/mol. The molecule has 3 rings (SSSR count). The van der Waals surface area contributed by atoms with Crippen molar-refractivity contribution in [2.75, 3.05) is 6.54 Å². The second-order valence-electron chi connectivity index (χ2n) is 5.85. The molecule has 0 saturated carbocycles. The molecule has 0 aliphatic carbocycles. The predicted octanol–water partition coefficient (Wildman–Crippen LogP) is 4.48. The molecule has 2 nitrogen and oxygen atoms in total. The highest BCUT2D eigenvalue weighted by Crippen LogP contribution is 2.28. The third kappa shape index (κ3) is 4.08. The van der Waals surface area contributed by atoms with Crippen LogP contribution in [0, 0.1) is 5.82 Å². The summed E-state index contributed by atoms with van der Waals surface area (Å²) in [5.74, 6) is 0.476. The Balaban J connectivity index is 1.74. The molecule has 1 saturated heterocycles. The average molecular weight is 299 g/mol. The summed E-state index contributed by atoms with van der Waals surface area (Å²) in [5, 5.41) is 3.57. The van der Waals surface area contributed by atoms with Crippen molar-refractivity contribution < 1.29 is 9.13 Å². The molecule has 1 fully saturated rings. The molecule has 22 heavy (non-hydrogen) atoms. The fourth-order valence-corrected chi connectivity index (χ4v) is 2.98. The number of halogens is 1. The lowest BCUT2D eigenvalue weighted by molar-refractivity contribution is 0.169. The Hall–Kier alpha value is -1.87. The van der Waals surface area contributed by atoms with Crippen molar-refractivity contribution in [2.24, 2.45) is 0 Å². The molecule has 1 aliphatic heterocycles. The molecule has 2 unspecified atom stereocenters. The summed E-state index contributed by atoms with van der Waals surface area (Å²) in [6.45, 7) is 1.09. The lowest BCUT2D eigenvalue weighted by atomic mass is 9.96. The van der Waals surface area contributed by atoms with E-state index in [-0.39, 0.29) is 11.9 Å². The summed E-state index contributed by atoms with van der Waals surface area (Å²) < 4.78 is 19.2. The van der Waals surface area contributed by atoms with Crippen LogP contribution in [0.25, 0.3) is 0 Å². The third-order valence-corrected chi connectivity index (χ3v) is 4.17. The van der Waals surface area contributed by atoms with Crippen LogP contribution in [-0.4, -0.2) is 12.6 Å². The minimum Gasteiger partial charge on any atom is -0.486 e. The van der Waals surface area contributed by atoms with E-state index in [4.69, 9.17) is 4.74 Å². The topological polar surface area (TPSA) is 21.3 Å². The van der Waals surface area contributed by atoms with Crippen molar-refractivity contribution in [1.82, 2.24) is 5.32 Å². The zero-order chi connectivity index (χ0) is 15.2. The van der Waals surface area contributed by atoms with E-state index in [9.17, 15) is 4.39 Å². The Kier molecular flexibility index (Phi) is 5.07. The number of benzene rings is 2. The summed E-state index contributed by atoms with van der Waals surface area (Å²) in [6.07, 6.45) is 4.64. The van der Waals surface area contributed by atoms with Gasteiger partial charge in [0, 0.05) is 12.5 Å². The van der Waals surface area contributed by atoms with E-state index >= 15 is 0 Å². The highest BCUT2D eigenvalue weighted by molar-refractivity contribution is 5.25. The van der Waals surface area contributed by atoms with E-state index in [0.717, 1.165) is 13.0 Å². The van der Waals surface area contributed by atoms with Crippen LogP contribution in [0.3, 0.4) is 0 Å². The highest BCUT2D eigenvalue weighted by Gasteiger charge is 2.21. The van der Waals surface area contributed by atoms with Crippen LogP contribution < -0.4 is 10.1 Å². The van der Waals surface area contributed by atoms with Crippen LogP contribution in [0.1, 0.15) is 37.4 Å². The number of rotatable bonds is 5. The van der Waals surface area contributed by atoms with Crippen LogP contribution in [0.15, 0.2) is 54.6 Å².